The van der Waals surface area contributed by atoms with Crippen LogP contribution in [0.25, 0.3) is 11.1 Å². The molecule has 0 spiro atoms. The molecule has 0 saturated heterocycles. The van der Waals surface area contributed by atoms with Crippen LogP contribution in [0.15, 0.2) is 48.5 Å². The molecule has 1 aromatic heterocycles. The van der Waals surface area contributed by atoms with Gasteiger partial charge in [-0.2, -0.15) is 0 Å². The molecule has 0 saturated carbocycles. The first-order valence-electron chi connectivity index (χ1n) is 7.33. The third kappa shape index (κ3) is 3.12. The van der Waals surface area contributed by atoms with E-state index in [4.69, 9.17) is 11.5 Å². The van der Waals surface area contributed by atoms with E-state index in [0.29, 0.717) is 17.2 Å². The van der Waals surface area contributed by atoms with E-state index >= 15 is 0 Å². The number of anilines is 4. The van der Waals surface area contributed by atoms with Crippen LogP contribution in [0.5, 0.6) is 0 Å². The Bertz CT molecular complexity index is 960. The second-order valence-corrected chi connectivity index (χ2v) is 5.28. The van der Waals surface area contributed by atoms with Gasteiger partial charge in [-0.25, -0.2) is 13.8 Å². The van der Waals surface area contributed by atoms with Crippen LogP contribution in [0.1, 0.15) is 10.4 Å². The highest BCUT2D eigenvalue weighted by Gasteiger charge is 2.17. The Hall–Kier alpha value is -3.48. The lowest BCUT2D eigenvalue weighted by Crippen LogP contribution is -2.03. The molecular weight excluding hydrogens is 326 g/mol. The molecule has 2 aromatic carbocycles. The Balaban J connectivity index is 1.98. The molecule has 0 unspecified atom stereocenters. The quantitative estimate of drug-likeness (QED) is 0.497. The lowest BCUT2D eigenvalue weighted by atomic mass is 10.0. The maximum Gasteiger partial charge on any atom is 0.155 e. The zero-order valence-electron chi connectivity index (χ0n) is 13.0. The van der Waals surface area contributed by atoms with E-state index in [2.05, 4.69) is 10.3 Å². The lowest BCUT2D eigenvalue weighted by Gasteiger charge is -2.12. The van der Waals surface area contributed by atoms with Crippen LogP contribution in [-0.4, -0.2) is 11.3 Å². The number of halogens is 2. The van der Waals surface area contributed by atoms with Crippen molar-refractivity contribution in [1.29, 1.82) is 0 Å². The Morgan fingerprint density at radius 3 is 2.36 bits per heavy atom. The molecule has 0 bridgehead atoms. The number of carbonyl (C=O) groups is 1. The van der Waals surface area contributed by atoms with Crippen molar-refractivity contribution >= 4 is 29.3 Å². The minimum Gasteiger partial charge on any atom is -0.397 e. The molecule has 0 fully saturated rings. The monoisotopic (exact) mass is 340 g/mol. The maximum absolute atomic E-state index is 14.3. The van der Waals surface area contributed by atoms with Crippen molar-refractivity contribution in [2.45, 2.75) is 0 Å². The van der Waals surface area contributed by atoms with Gasteiger partial charge in [-0.15, -0.1) is 0 Å². The number of nitrogens with one attached hydrogen (secondary N) is 1. The molecule has 3 aromatic rings. The van der Waals surface area contributed by atoms with Gasteiger partial charge in [0.2, 0.25) is 0 Å². The number of aromatic nitrogens is 1. The number of aldehydes is 1. The van der Waals surface area contributed by atoms with Crippen LogP contribution in [0, 0.1) is 11.6 Å². The largest absolute Gasteiger partial charge is 0.397 e. The molecule has 5 nitrogen and oxygen atoms in total. The molecule has 1 heterocycles. The summed E-state index contributed by atoms with van der Waals surface area (Å²) in [5.74, 6) is -1.46. The van der Waals surface area contributed by atoms with Crippen molar-refractivity contribution in [1.82, 2.24) is 4.98 Å². The fourth-order valence-electron chi connectivity index (χ4n) is 2.41. The fourth-order valence-corrected chi connectivity index (χ4v) is 2.41. The van der Waals surface area contributed by atoms with Gasteiger partial charge in [0.1, 0.15) is 23.3 Å². The summed E-state index contributed by atoms with van der Waals surface area (Å²) in [5.41, 5.74) is 12.6. The van der Waals surface area contributed by atoms with Crippen LogP contribution in [0.4, 0.5) is 31.8 Å². The number of hydrogen-bond acceptors (Lipinski definition) is 5. The van der Waals surface area contributed by atoms with Crippen molar-refractivity contribution in [2.24, 2.45) is 0 Å². The average molecular weight is 340 g/mol. The zero-order chi connectivity index (χ0) is 18.0. The molecule has 3 rings (SSSR count). The summed E-state index contributed by atoms with van der Waals surface area (Å²) in [4.78, 5) is 15.0. The van der Waals surface area contributed by atoms with Gasteiger partial charge in [0.15, 0.2) is 6.29 Å². The summed E-state index contributed by atoms with van der Waals surface area (Å²) in [5, 5.41) is 3.01. The van der Waals surface area contributed by atoms with Crippen LogP contribution in [-0.2, 0) is 0 Å². The third-order valence-electron chi connectivity index (χ3n) is 3.68. The Labute approximate surface area is 142 Å². The Morgan fingerprint density at radius 1 is 0.960 bits per heavy atom. The summed E-state index contributed by atoms with van der Waals surface area (Å²) in [6, 6.07) is 12.5. The second kappa shape index (κ2) is 6.56. The van der Waals surface area contributed by atoms with Gasteiger partial charge < -0.3 is 16.8 Å². The van der Waals surface area contributed by atoms with Crippen molar-refractivity contribution in [3.8, 4) is 11.1 Å². The highest BCUT2D eigenvalue weighted by Crippen LogP contribution is 2.31. The molecule has 25 heavy (non-hydrogen) atoms. The van der Waals surface area contributed by atoms with Gasteiger partial charge in [0, 0.05) is 11.1 Å². The van der Waals surface area contributed by atoms with E-state index in [1.54, 1.807) is 24.3 Å². The van der Waals surface area contributed by atoms with Crippen molar-refractivity contribution < 1.29 is 13.6 Å². The van der Waals surface area contributed by atoms with E-state index < -0.39 is 17.2 Å². The van der Waals surface area contributed by atoms with Gasteiger partial charge >= 0.3 is 0 Å². The number of carbonyl (C=O) groups excluding carboxylic acids is 1. The number of benzene rings is 2. The molecule has 0 atom stereocenters. The molecule has 5 N–H and O–H groups in total. The number of hydrogen-bond donors (Lipinski definition) is 3. The van der Waals surface area contributed by atoms with Crippen molar-refractivity contribution in [2.75, 3.05) is 16.8 Å². The Kier molecular flexibility index (Phi) is 4.30. The highest BCUT2D eigenvalue weighted by atomic mass is 19.1. The topological polar surface area (TPSA) is 94.0 Å². The highest BCUT2D eigenvalue weighted by molar-refractivity contribution is 5.83. The number of para-hydroxylation sites is 2. The number of rotatable bonds is 4. The molecule has 0 amide bonds. The lowest BCUT2D eigenvalue weighted by molar-refractivity contribution is 0.111. The summed E-state index contributed by atoms with van der Waals surface area (Å²) in [6.45, 7) is 0. The Morgan fingerprint density at radius 2 is 1.68 bits per heavy atom. The van der Waals surface area contributed by atoms with Crippen molar-refractivity contribution in [3.05, 3.63) is 65.7 Å². The predicted octanol–water partition coefficient (Wildman–Crippen LogP) is 3.75. The van der Waals surface area contributed by atoms with Crippen LogP contribution in [0.2, 0.25) is 0 Å². The minimum absolute atomic E-state index is 0.000671. The fraction of sp³-hybridized carbons (Fsp3) is 0. The van der Waals surface area contributed by atoms with Gasteiger partial charge in [0.25, 0.3) is 0 Å². The molecule has 126 valence electrons. The normalized spacial score (nSPS) is 10.5. The van der Waals surface area contributed by atoms with Crippen LogP contribution in [0.3, 0.4) is 0 Å². The molecule has 0 radical (unpaired) electrons. The summed E-state index contributed by atoms with van der Waals surface area (Å²) < 4.78 is 27.8. The second-order valence-electron chi connectivity index (χ2n) is 5.28. The van der Waals surface area contributed by atoms with E-state index in [-0.39, 0.29) is 23.2 Å². The maximum atomic E-state index is 14.3. The standard InChI is InChI=1S/C18H14F2N4O/c19-13-7-5-10(17(20)12(13)9-25)11-6-8-16(24-18(11)22)23-15-4-2-1-3-14(15)21/h1-9H,21H2,(H3,22,23,24). The first kappa shape index (κ1) is 16.4. The zero-order valence-corrected chi connectivity index (χ0v) is 13.0. The van der Waals surface area contributed by atoms with E-state index in [0.717, 1.165) is 6.07 Å². The number of pyridine rings is 1. The predicted molar refractivity (Wildman–Crippen MR) is 93.5 cm³/mol. The molecule has 7 heteroatoms. The van der Waals surface area contributed by atoms with E-state index in [1.807, 2.05) is 6.07 Å². The number of nitrogen functional groups attached to an aromatic ring is 2. The third-order valence-corrected chi connectivity index (χ3v) is 3.68. The first-order chi connectivity index (χ1) is 12.0. The van der Waals surface area contributed by atoms with Crippen LogP contribution < -0.4 is 16.8 Å². The van der Waals surface area contributed by atoms with E-state index in [1.165, 1.54) is 12.1 Å². The van der Waals surface area contributed by atoms with E-state index in [9.17, 15) is 13.6 Å². The molecule has 0 aliphatic carbocycles. The van der Waals surface area contributed by atoms with Crippen LogP contribution >= 0.6 is 0 Å². The first-order valence-corrected chi connectivity index (χ1v) is 7.33. The molecular formula is C18H14F2N4O. The minimum atomic E-state index is -0.975. The summed E-state index contributed by atoms with van der Waals surface area (Å²) in [7, 11) is 0. The molecule has 0 aliphatic heterocycles. The van der Waals surface area contributed by atoms with Crippen molar-refractivity contribution in [3.63, 3.8) is 0 Å². The van der Waals surface area contributed by atoms with Gasteiger partial charge in [-0.05, 0) is 36.4 Å². The number of nitrogens with two attached hydrogens (primary N) is 2. The van der Waals surface area contributed by atoms with Gasteiger partial charge in [-0.3, -0.25) is 4.79 Å². The smallest absolute Gasteiger partial charge is 0.155 e. The van der Waals surface area contributed by atoms with Gasteiger partial charge in [0.05, 0.1) is 16.9 Å². The average Bonchev–Trinajstić information content (AvgIpc) is 2.58. The summed E-state index contributed by atoms with van der Waals surface area (Å²) in [6.07, 6.45) is 0.131. The summed E-state index contributed by atoms with van der Waals surface area (Å²) >= 11 is 0. The molecule has 0 aliphatic rings. The van der Waals surface area contributed by atoms with Gasteiger partial charge in [-0.1, -0.05) is 12.1 Å². The SMILES string of the molecule is Nc1ccccc1Nc1ccc(-c2ccc(F)c(C=O)c2F)c(N)n1. The number of nitrogens with zero attached hydrogens (tertiary/aromatic N) is 1.